The zero-order valence-corrected chi connectivity index (χ0v) is 18.1. The number of nitrogens with one attached hydrogen (secondary N) is 2. The summed E-state index contributed by atoms with van der Waals surface area (Å²) in [4.78, 5) is 42.5. The Balaban J connectivity index is 1.42. The summed E-state index contributed by atoms with van der Waals surface area (Å²) in [7, 11) is 0. The van der Waals surface area contributed by atoms with Crippen molar-refractivity contribution in [3.63, 3.8) is 0 Å². The Morgan fingerprint density at radius 3 is 2.38 bits per heavy atom. The molecule has 3 heterocycles. The van der Waals surface area contributed by atoms with Gasteiger partial charge in [0.15, 0.2) is 11.3 Å². The highest BCUT2D eigenvalue weighted by Crippen LogP contribution is 2.20. The number of fused-ring (bicyclic) bond motifs is 2. The van der Waals surface area contributed by atoms with Crippen molar-refractivity contribution in [3.8, 4) is 11.3 Å². The van der Waals surface area contributed by atoms with E-state index < -0.39 is 11.8 Å². The monoisotopic (exact) mass is 453 g/mol. The van der Waals surface area contributed by atoms with Crippen molar-refractivity contribution >= 4 is 28.2 Å². The third-order valence-electron chi connectivity index (χ3n) is 5.39. The van der Waals surface area contributed by atoms with Crippen molar-refractivity contribution in [1.29, 1.82) is 0 Å². The van der Waals surface area contributed by atoms with Crippen molar-refractivity contribution in [1.82, 2.24) is 35.2 Å². The number of hydrazine groups is 1. The zero-order chi connectivity index (χ0) is 23.7. The molecule has 168 valence electrons. The van der Waals surface area contributed by atoms with Crippen LogP contribution in [0.4, 0.5) is 0 Å². The average molecular weight is 453 g/mol. The van der Waals surface area contributed by atoms with Crippen LogP contribution in [-0.2, 0) is 6.54 Å². The van der Waals surface area contributed by atoms with E-state index in [1.54, 1.807) is 48.0 Å². The molecule has 2 N–H and O–H groups in total. The van der Waals surface area contributed by atoms with Crippen molar-refractivity contribution in [2.24, 2.45) is 0 Å². The molecule has 0 saturated heterocycles. The van der Waals surface area contributed by atoms with Crippen LogP contribution in [0, 0.1) is 0 Å². The molecule has 0 fully saturated rings. The zero-order valence-electron chi connectivity index (χ0n) is 18.1. The topological polar surface area (TPSA) is 123 Å². The summed E-state index contributed by atoms with van der Waals surface area (Å²) in [6.45, 7) is 2.06. The number of rotatable bonds is 4. The van der Waals surface area contributed by atoms with Gasteiger partial charge in [0, 0.05) is 23.7 Å². The quantitative estimate of drug-likeness (QED) is 0.402. The fourth-order valence-electron chi connectivity index (χ4n) is 3.74. The van der Waals surface area contributed by atoms with Gasteiger partial charge in [0.2, 0.25) is 0 Å². The number of carbonyl (C=O) groups excluding carboxylic acids is 2. The van der Waals surface area contributed by atoms with Crippen LogP contribution >= 0.6 is 0 Å². The molecule has 2 amide bonds. The minimum absolute atomic E-state index is 0.0294. The Morgan fingerprint density at radius 1 is 0.912 bits per heavy atom. The fraction of sp³-hybridized carbons (Fsp3) is 0.0833. The maximum Gasteiger partial charge on any atom is 0.290 e. The van der Waals surface area contributed by atoms with Crippen LogP contribution in [-0.4, -0.2) is 36.2 Å². The Hall–Kier alpha value is -4.86. The predicted octanol–water partition coefficient (Wildman–Crippen LogP) is 2.20. The molecule has 0 unspecified atom stereocenters. The Kier molecular flexibility index (Phi) is 5.30. The van der Waals surface area contributed by atoms with Crippen molar-refractivity contribution in [3.05, 3.63) is 94.7 Å². The Labute approximate surface area is 192 Å². The number of aryl methyl sites for hydroxylation is 1. The number of aromatic nitrogens is 5. The lowest BCUT2D eigenvalue weighted by Gasteiger charge is -2.10. The third-order valence-corrected chi connectivity index (χ3v) is 5.39. The summed E-state index contributed by atoms with van der Waals surface area (Å²) in [5.41, 5.74) is 6.74. The number of benzene rings is 2. The van der Waals surface area contributed by atoms with E-state index in [1.807, 2.05) is 30.3 Å². The number of nitrogens with zero attached hydrogens (tertiary/aromatic N) is 5. The lowest BCUT2D eigenvalue weighted by molar-refractivity contribution is 0.0844. The first-order valence-corrected chi connectivity index (χ1v) is 10.6. The van der Waals surface area contributed by atoms with Gasteiger partial charge in [-0.15, -0.1) is 0 Å². The van der Waals surface area contributed by atoms with E-state index in [1.165, 1.54) is 10.9 Å². The van der Waals surface area contributed by atoms with Crippen LogP contribution in [0.1, 0.15) is 27.8 Å². The second-order valence-corrected chi connectivity index (χ2v) is 7.41. The van der Waals surface area contributed by atoms with E-state index in [2.05, 4.69) is 26.0 Å². The molecule has 0 radical (unpaired) electrons. The third kappa shape index (κ3) is 3.56. The highest BCUT2D eigenvalue weighted by Gasteiger charge is 2.19. The van der Waals surface area contributed by atoms with E-state index in [9.17, 15) is 14.4 Å². The molecule has 0 aliphatic rings. The van der Waals surface area contributed by atoms with Crippen molar-refractivity contribution < 1.29 is 9.59 Å². The molecule has 0 aliphatic carbocycles. The molecule has 0 atom stereocenters. The summed E-state index contributed by atoms with van der Waals surface area (Å²) in [5, 5.41) is 9.24. The molecule has 10 heteroatoms. The van der Waals surface area contributed by atoms with Crippen LogP contribution in [0.15, 0.2) is 77.9 Å². The summed E-state index contributed by atoms with van der Waals surface area (Å²) in [5.74, 6) is -1.24. The lowest BCUT2D eigenvalue weighted by Crippen LogP contribution is -2.42. The fourth-order valence-corrected chi connectivity index (χ4v) is 3.74. The summed E-state index contributed by atoms with van der Waals surface area (Å²) in [6, 6.07) is 18.1. The van der Waals surface area contributed by atoms with Gasteiger partial charge < -0.3 is 0 Å². The van der Waals surface area contributed by atoms with Gasteiger partial charge in [-0.25, -0.2) is 14.2 Å². The minimum atomic E-state index is -0.652. The number of amides is 2. The minimum Gasteiger partial charge on any atom is -0.267 e. The van der Waals surface area contributed by atoms with Gasteiger partial charge in [0.25, 0.3) is 17.4 Å². The van der Waals surface area contributed by atoms with Crippen LogP contribution in [0.25, 0.3) is 27.7 Å². The van der Waals surface area contributed by atoms with E-state index in [-0.39, 0.29) is 16.8 Å². The average Bonchev–Trinajstić information content (AvgIpc) is 3.32. The molecule has 3 aromatic heterocycles. The number of carbonyl (C=O) groups is 2. The van der Waals surface area contributed by atoms with Gasteiger partial charge in [-0.05, 0) is 19.1 Å². The molecule has 2 aromatic carbocycles. The lowest BCUT2D eigenvalue weighted by atomic mass is 10.1. The van der Waals surface area contributed by atoms with E-state index >= 15 is 0 Å². The Morgan fingerprint density at radius 2 is 1.62 bits per heavy atom. The van der Waals surface area contributed by atoms with Gasteiger partial charge in [-0.2, -0.15) is 10.2 Å². The maximum absolute atomic E-state index is 12.9. The second kappa shape index (κ2) is 8.58. The Bertz CT molecular complexity index is 1610. The second-order valence-electron chi connectivity index (χ2n) is 7.41. The highest BCUT2D eigenvalue weighted by atomic mass is 16.2. The standard InChI is InChI=1S/C24H19N7O3/c1-2-30-24(34)17-11-7-6-10-16(17)20(29-30)23(33)28-27-22(32)18-14-26-31-19(12-13-25-21(18)31)15-8-4-3-5-9-15/h3-14H,2H2,1H3,(H,27,32)(H,28,33). The van der Waals surface area contributed by atoms with Crippen molar-refractivity contribution in [2.75, 3.05) is 0 Å². The molecule has 0 bridgehead atoms. The van der Waals surface area contributed by atoms with Gasteiger partial charge in [-0.3, -0.25) is 25.2 Å². The highest BCUT2D eigenvalue weighted by molar-refractivity contribution is 6.06. The molecule has 5 aromatic rings. The van der Waals surface area contributed by atoms with Gasteiger partial charge in [-0.1, -0.05) is 48.5 Å². The maximum atomic E-state index is 12.9. The predicted molar refractivity (Wildman–Crippen MR) is 125 cm³/mol. The van der Waals surface area contributed by atoms with E-state index in [4.69, 9.17) is 0 Å². The van der Waals surface area contributed by atoms with E-state index in [0.717, 1.165) is 11.3 Å². The first-order valence-electron chi connectivity index (χ1n) is 10.6. The van der Waals surface area contributed by atoms with Gasteiger partial charge in [0.1, 0.15) is 5.56 Å². The SMILES string of the molecule is CCn1nc(C(=O)NNC(=O)c2cnn3c(-c4ccccc4)ccnc23)c2ccccc2c1=O. The molecular weight excluding hydrogens is 434 g/mol. The van der Waals surface area contributed by atoms with Crippen LogP contribution in [0.3, 0.4) is 0 Å². The van der Waals surface area contributed by atoms with Crippen molar-refractivity contribution in [2.45, 2.75) is 13.5 Å². The first-order chi connectivity index (χ1) is 16.6. The first kappa shape index (κ1) is 21.0. The summed E-state index contributed by atoms with van der Waals surface area (Å²) in [6.07, 6.45) is 2.99. The molecule has 34 heavy (non-hydrogen) atoms. The molecular formula is C24H19N7O3. The molecule has 0 aliphatic heterocycles. The molecule has 0 spiro atoms. The van der Waals surface area contributed by atoms with E-state index in [0.29, 0.717) is 23.0 Å². The van der Waals surface area contributed by atoms with Gasteiger partial charge in [0.05, 0.1) is 17.3 Å². The molecule has 0 saturated carbocycles. The molecule has 10 nitrogen and oxygen atoms in total. The normalized spacial score (nSPS) is 11.0. The van der Waals surface area contributed by atoms with Crippen LogP contribution in [0.5, 0.6) is 0 Å². The molecule has 5 rings (SSSR count). The van der Waals surface area contributed by atoms with Gasteiger partial charge >= 0.3 is 0 Å². The number of hydrogen-bond acceptors (Lipinski definition) is 6. The number of hydrogen-bond donors (Lipinski definition) is 2. The smallest absolute Gasteiger partial charge is 0.267 e. The largest absolute Gasteiger partial charge is 0.290 e. The van der Waals surface area contributed by atoms with Crippen LogP contribution in [0.2, 0.25) is 0 Å². The summed E-state index contributed by atoms with van der Waals surface area (Å²) >= 11 is 0. The summed E-state index contributed by atoms with van der Waals surface area (Å²) < 4.78 is 2.78. The van der Waals surface area contributed by atoms with Crippen LogP contribution < -0.4 is 16.4 Å².